The number of anilines is 4. The molecule has 164 valence electrons. The molecule has 2 fully saturated rings. The number of thioether (sulfide) groups is 1. The highest BCUT2D eigenvalue weighted by Crippen LogP contribution is 2.46. The van der Waals surface area contributed by atoms with Crippen LogP contribution >= 0.6 is 11.8 Å². The molecule has 1 spiro atoms. The average molecular weight is 448 g/mol. The Kier molecular flexibility index (Phi) is 4.97. The second kappa shape index (κ2) is 7.99. The van der Waals surface area contributed by atoms with Gasteiger partial charge in [-0.05, 0) is 42.9 Å². The maximum absolute atomic E-state index is 5.42. The minimum Gasteiger partial charge on any atom is -0.380 e. The van der Waals surface area contributed by atoms with Gasteiger partial charge in [-0.25, -0.2) is 19.9 Å². The van der Waals surface area contributed by atoms with Crippen molar-refractivity contribution in [3.63, 3.8) is 0 Å². The Morgan fingerprint density at radius 1 is 1.06 bits per heavy atom. The lowest BCUT2D eigenvalue weighted by molar-refractivity contribution is -0.198. The van der Waals surface area contributed by atoms with Gasteiger partial charge in [-0.2, -0.15) is 0 Å². The first kappa shape index (κ1) is 19.9. The number of hydrogen-bond donors (Lipinski definition) is 2. The van der Waals surface area contributed by atoms with Crippen molar-refractivity contribution in [1.82, 2.24) is 24.8 Å². The van der Waals surface area contributed by atoms with Gasteiger partial charge in [0, 0.05) is 47.4 Å². The number of pyridine rings is 2. The average Bonchev–Trinajstić information content (AvgIpc) is 3.15. The third kappa shape index (κ3) is 3.60. The van der Waals surface area contributed by atoms with Crippen LogP contribution in [0.2, 0.25) is 0 Å². The highest BCUT2D eigenvalue weighted by molar-refractivity contribution is 7.98. The number of hydrogen-bond acceptors (Lipinski definition) is 9. The normalized spacial score (nSPS) is 21.0. The predicted octanol–water partition coefficient (Wildman–Crippen LogP) is 3.80. The van der Waals surface area contributed by atoms with Crippen molar-refractivity contribution in [2.45, 2.75) is 23.8 Å². The van der Waals surface area contributed by atoms with Gasteiger partial charge in [0.25, 0.3) is 0 Å². The molecule has 0 aromatic carbocycles. The van der Waals surface area contributed by atoms with Gasteiger partial charge < -0.3 is 15.4 Å². The summed E-state index contributed by atoms with van der Waals surface area (Å²) in [6, 6.07) is 10.6. The van der Waals surface area contributed by atoms with Crippen LogP contribution in [0.25, 0.3) is 0 Å². The number of rotatable bonds is 6. The topological polar surface area (TPSA) is 88.1 Å². The van der Waals surface area contributed by atoms with E-state index in [4.69, 9.17) is 9.72 Å². The van der Waals surface area contributed by atoms with Gasteiger partial charge in [0.15, 0.2) is 0 Å². The molecule has 9 heteroatoms. The number of likely N-dealkylation sites (tertiary alicyclic amines) is 1. The Balaban J connectivity index is 1.15. The highest BCUT2D eigenvalue weighted by atomic mass is 32.2. The van der Waals surface area contributed by atoms with E-state index in [0.717, 1.165) is 55.7 Å². The lowest BCUT2D eigenvalue weighted by atomic mass is 9.76. The summed E-state index contributed by atoms with van der Waals surface area (Å²) in [5.41, 5.74) is 3.01. The molecular weight excluding hydrogens is 422 g/mol. The van der Waals surface area contributed by atoms with E-state index in [-0.39, 0.29) is 0 Å². The molecule has 8 nitrogen and oxygen atoms in total. The number of aromatic nitrogens is 4. The van der Waals surface area contributed by atoms with E-state index >= 15 is 0 Å². The molecule has 32 heavy (non-hydrogen) atoms. The molecule has 5 heterocycles. The molecule has 1 atom stereocenters. The van der Waals surface area contributed by atoms with Gasteiger partial charge in [0.2, 0.25) is 0 Å². The summed E-state index contributed by atoms with van der Waals surface area (Å²) in [5, 5.41) is 6.61. The first-order valence-electron chi connectivity index (χ1n) is 10.9. The Bertz CT molecular complexity index is 1140. The molecule has 2 aliphatic heterocycles. The Labute approximate surface area is 191 Å². The van der Waals surface area contributed by atoms with Crippen LogP contribution in [0.5, 0.6) is 0 Å². The van der Waals surface area contributed by atoms with E-state index in [9.17, 15) is 0 Å². The summed E-state index contributed by atoms with van der Waals surface area (Å²) in [4.78, 5) is 21.7. The molecule has 2 N–H and O–H groups in total. The van der Waals surface area contributed by atoms with E-state index in [1.165, 1.54) is 11.3 Å². The molecule has 0 amide bonds. The monoisotopic (exact) mass is 447 g/mol. The lowest BCUT2D eigenvalue weighted by Gasteiger charge is -2.57. The summed E-state index contributed by atoms with van der Waals surface area (Å²) in [5.74, 6) is 2.97. The summed E-state index contributed by atoms with van der Waals surface area (Å²) in [6.07, 6.45) is 7.50. The van der Waals surface area contributed by atoms with Crippen LogP contribution in [0.15, 0.2) is 47.8 Å². The van der Waals surface area contributed by atoms with Crippen molar-refractivity contribution in [1.29, 1.82) is 0 Å². The Morgan fingerprint density at radius 3 is 2.69 bits per heavy atom. The van der Waals surface area contributed by atoms with Crippen molar-refractivity contribution < 1.29 is 4.74 Å². The predicted molar refractivity (Wildman–Crippen MR) is 125 cm³/mol. The smallest absolute Gasteiger partial charge is 0.145 e. The first-order chi connectivity index (χ1) is 15.7. The minimum atomic E-state index is 0.447. The fourth-order valence-corrected chi connectivity index (χ4v) is 5.41. The van der Waals surface area contributed by atoms with Crippen molar-refractivity contribution in [2.75, 3.05) is 43.2 Å². The van der Waals surface area contributed by atoms with Gasteiger partial charge in [-0.15, -0.1) is 11.8 Å². The van der Waals surface area contributed by atoms with E-state index in [0.29, 0.717) is 23.1 Å². The Morgan fingerprint density at radius 2 is 1.91 bits per heavy atom. The highest BCUT2D eigenvalue weighted by Gasteiger charge is 2.51. The molecule has 3 aliphatic rings. The molecule has 1 unspecified atom stereocenters. The third-order valence-electron chi connectivity index (χ3n) is 6.52. The minimum absolute atomic E-state index is 0.447. The van der Waals surface area contributed by atoms with Crippen molar-refractivity contribution in [3.05, 3.63) is 54.1 Å². The molecule has 0 radical (unpaired) electrons. The molecule has 3 aromatic rings. The van der Waals surface area contributed by atoms with Crippen LogP contribution in [0.1, 0.15) is 23.7 Å². The van der Waals surface area contributed by atoms with Crippen molar-refractivity contribution in [3.8, 4) is 0 Å². The molecule has 1 aliphatic carbocycles. The summed E-state index contributed by atoms with van der Waals surface area (Å²) in [7, 11) is 0. The van der Waals surface area contributed by atoms with Crippen LogP contribution in [0, 0.1) is 5.41 Å². The maximum Gasteiger partial charge on any atom is 0.145 e. The van der Waals surface area contributed by atoms with Gasteiger partial charge >= 0.3 is 0 Å². The first-order valence-corrected chi connectivity index (χ1v) is 12.1. The van der Waals surface area contributed by atoms with Gasteiger partial charge in [0.1, 0.15) is 29.6 Å². The van der Waals surface area contributed by atoms with Gasteiger partial charge in [-0.3, -0.25) is 4.90 Å². The van der Waals surface area contributed by atoms with Crippen LogP contribution in [0.3, 0.4) is 0 Å². The SMILES string of the molecule is CSc1cccnc1Nc1cc(Nc2ccc3c(n2)CCC3N2CC3(COC3)C2)ncn1. The zero-order chi connectivity index (χ0) is 21.5. The summed E-state index contributed by atoms with van der Waals surface area (Å²) >= 11 is 1.64. The maximum atomic E-state index is 5.42. The largest absolute Gasteiger partial charge is 0.380 e. The molecule has 2 saturated heterocycles. The summed E-state index contributed by atoms with van der Waals surface area (Å²) < 4.78 is 5.42. The van der Waals surface area contributed by atoms with Crippen molar-refractivity contribution >= 4 is 35.0 Å². The number of nitrogens with zero attached hydrogens (tertiary/aromatic N) is 5. The number of fused-ring (bicyclic) bond motifs is 1. The van der Waals surface area contributed by atoms with Crippen molar-refractivity contribution in [2.24, 2.45) is 5.41 Å². The van der Waals surface area contributed by atoms with Gasteiger partial charge in [0.05, 0.1) is 13.2 Å². The lowest BCUT2D eigenvalue weighted by Crippen LogP contribution is -2.66. The summed E-state index contributed by atoms with van der Waals surface area (Å²) in [6.45, 7) is 4.17. The molecule has 3 aromatic heterocycles. The third-order valence-corrected chi connectivity index (χ3v) is 7.29. The second-order valence-corrected chi connectivity index (χ2v) is 9.63. The standard InChI is InChI=1S/C23H25N7OS/c1-32-18-3-2-8-24-22(18)29-21-9-20(25-14-26-21)28-19-7-4-15-16(27-19)5-6-17(15)30-10-23(11-30)12-31-13-23/h2-4,7-9,14,17H,5-6,10-13H2,1H3,(H2,24,25,26,27,28,29). The Hall–Kier alpha value is -2.75. The molecule has 6 rings (SSSR count). The van der Waals surface area contributed by atoms with Crippen LogP contribution < -0.4 is 10.6 Å². The fourth-order valence-electron chi connectivity index (χ4n) is 4.90. The fraction of sp³-hybridized carbons (Fsp3) is 0.391. The van der Waals surface area contributed by atoms with E-state index in [1.807, 2.05) is 24.5 Å². The molecule has 0 saturated carbocycles. The molecular formula is C23H25N7OS. The van der Waals surface area contributed by atoms with E-state index in [2.05, 4.69) is 42.6 Å². The van der Waals surface area contributed by atoms with E-state index < -0.39 is 0 Å². The second-order valence-electron chi connectivity index (χ2n) is 8.78. The zero-order valence-corrected chi connectivity index (χ0v) is 18.7. The zero-order valence-electron chi connectivity index (χ0n) is 17.9. The van der Waals surface area contributed by atoms with Crippen LogP contribution in [-0.4, -0.2) is 57.4 Å². The van der Waals surface area contributed by atoms with Crippen LogP contribution in [0.4, 0.5) is 23.3 Å². The molecule has 0 bridgehead atoms. The van der Waals surface area contributed by atoms with Crippen LogP contribution in [-0.2, 0) is 11.2 Å². The quantitative estimate of drug-likeness (QED) is 0.548. The number of ether oxygens (including phenoxy) is 1. The van der Waals surface area contributed by atoms with Gasteiger partial charge in [-0.1, -0.05) is 6.07 Å². The number of aryl methyl sites for hydroxylation is 1. The van der Waals surface area contributed by atoms with E-state index in [1.54, 1.807) is 24.3 Å². The number of nitrogens with one attached hydrogen (secondary N) is 2.